The largest absolute Gasteiger partial charge is 0.396 e. The Labute approximate surface area is 257 Å². The van der Waals surface area contributed by atoms with E-state index in [1.54, 1.807) is 42.1 Å². The highest BCUT2D eigenvalue weighted by atomic mass is 32.2. The van der Waals surface area contributed by atoms with Gasteiger partial charge < -0.3 is 19.7 Å². The summed E-state index contributed by atoms with van der Waals surface area (Å²) in [4.78, 5) is 0.238. The van der Waals surface area contributed by atoms with Gasteiger partial charge in [0.25, 0.3) is 0 Å². The molecule has 4 atom stereocenters. The normalized spacial score (nSPS) is 20.6. The third-order valence-corrected chi connectivity index (χ3v) is 10.1. The molecule has 1 fully saturated rings. The molecular formula is C34H37NO6S2. The molecule has 226 valence electrons. The lowest BCUT2D eigenvalue weighted by molar-refractivity contribution is -0.268. The molecule has 0 amide bonds. The molecular weight excluding hydrogens is 583 g/mol. The first-order valence-electron chi connectivity index (χ1n) is 14.3. The number of benzene rings is 4. The Hall–Kier alpha value is -3.02. The molecule has 4 aromatic rings. The number of sulfonamides is 1. The standard InChI is InChI=1S/C34H37NO6S2/c1-24-32(23-42-19-18-36)40-34(41-33(24)28-12-10-25(22-37)11-13-28)29-16-14-27(15-17-29)30-7-5-6-26(20-30)21-35-43(38,39)31-8-3-2-4-9-31/h2-17,20,24,32-37H,18-19,21-23H2,1H3/t24-,32+,33+,34+/m0/s1. The molecule has 0 aliphatic carbocycles. The molecule has 7 nitrogen and oxygen atoms in total. The first-order valence-corrected chi connectivity index (χ1v) is 16.9. The van der Waals surface area contributed by atoms with Gasteiger partial charge in [-0.15, -0.1) is 0 Å². The maximum atomic E-state index is 12.7. The molecule has 0 spiro atoms. The van der Waals surface area contributed by atoms with Crippen molar-refractivity contribution in [3.63, 3.8) is 0 Å². The maximum absolute atomic E-state index is 12.7. The Morgan fingerprint density at radius 2 is 1.51 bits per heavy atom. The zero-order valence-electron chi connectivity index (χ0n) is 24.0. The van der Waals surface area contributed by atoms with Gasteiger partial charge in [-0.05, 0) is 46.0 Å². The van der Waals surface area contributed by atoms with E-state index >= 15 is 0 Å². The number of thioether (sulfide) groups is 1. The highest BCUT2D eigenvalue weighted by molar-refractivity contribution is 7.99. The van der Waals surface area contributed by atoms with Crippen molar-refractivity contribution in [3.8, 4) is 11.1 Å². The first kappa shape index (κ1) is 31.4. The number of rotatable bonds is 12. The van der Waals surface area contributed by atoms with Gasteiger partial charge in [-0.2, -0.15) is 11.8 Å². The van der Waals surface area contributed by atoms with E-state index in [1.165, 1.54) is 0 Å². The summed E-state index contributed by atoms with van der Waals surface area (Å²) >= 11 is 1.66. The number of aliphatic hydroxyl groups is 2. The highest BCUT2D eigenvalue weighted by Gasteiger charge is 2.38. The van der Waals surface area contributed by atoms with Crippen LogP contribution < -0.4 is 4.72 Å². The van der Waals surface area contributed by atoms with Gasteiger partial charge in [-0.1, -0.05) is 91.9 Å². The molecule has 0 bridgehead atoms. The van der Waals surface area contributed by atoms with Crippen LogP contribution in [0.1, 0.15) is 41.6 Å². The zero-order chi connectivity index (χ0) is 30.2. The molecule has 0 aromatic heterocycles. The number of ether oxygens (including phenoxy) is 2. The summed E-state index contributed by atoms with van der Waals surface area (Å²) < 4.78 is 41.0. The van der Waals surface area contributed by atoms with E-state index in [2.05, 4.69) is 11.6 Å². The van der Waals surface area contributed by atoms with E-state index in [0.29, 0.717) is 5.75 Å². The molecule has 5 rings (SSSR count). The second-order valence-electron chi connectivity index (χ2n) is 10.6. The van der Waals surface area contributed by atoms with Crippen LogP contribution >= 0.6 is 11.8 Å². The molecule has 43 heavy (non-hydrogen) atoms. The average Bonchev–Trinajstić information content (AvgIpc) is 3.05. The summed E-state index contributed by atoms with van der Waals surface area (Å²) in [6.07, 6.45) is -0.831. The number of hydrogen-bond acceptors (Lipinski definition) is 7. The molecule has 0 unspecified atom stereocenters. The Bertz CT molecular complexity index is 1560. The molecule has 1 saturated heterocycles. The van der Waals surface area contributed by atoms with Crippen LogP contribution in [0.15, 0.2) is 108 Å². The van der Waals surface area contributed by atoms with Crippen LogP contribution in [-0.4, -0.2) is 42.8 Å². The minimum absolute atomic E-state index is 0.00786. The van der Waals surface area contributed by atoms with Gasteiger partial charge in [-0.25, -0.2) is 13.1 Å². The summed E-state index contributed by atoms with van der Waals surface area (Å²) in [7, 11) is -3.60. The minimum atomic E-state index is -3.60. The highest BCUT2D eigenvalue weighted by Crippen LogP contribution is 2.42. The van der Waals surface area contributed by atoms with Crippen molar-refractivity contribution in [3.05, 3.63) is 125 Å². The van der Waals surface area contributed by atoms with Crippen molar-refractivity contribution in [1.29, 1.82) is 0 Å². The molecule has 9 heteroatoms. The van der Waals surface area contributed by atoms with E-state index in [-0.39, 0.29) is 42.8 Å². The third-order valence-electron chi connectivity index (χ3n) is 7.60. The summed E-state index contributed by atoms with van der Waals surface area (Å²) in [5.74, 6) is 1.48. The Kier molecular flexibility index (Phi) is 10.7. The van der Waals surface area contributed by atoms with Crippen LogP contribution in [0, 0.1) is 5.92 Å². The average molecular weight is 620 g/mol. The van der Waals surface area contributed by atoms with Crippen molar-refractivity contribution in [2.24, 2.45) is 5.92 Å². The quantitative estimate of drug-likeness (QED) is 0.171. The lowest BCUT2D eigenvalue weighted by Gasteiger charge is -2.41. The lowest BCUT2D eigenvalue weighted by atomic mass is 9.91. The monoisotopic (exact) mass is 619 g/mol. The predicted octanol–water partition coefficient (Wildman–Crippen LogP) is 5.84. The van der Waals surface area contributed by atoms with Crippen molar-refractivity contribution < 1.29 is 28.1 Å². The topological polar surface area (TPSA) is 105 Å². The van der Waals surface area contributed by atoms with Crippen molar-refractivity contribution >= 4 is 21.8 Å². The lowest BCUT2D eigenvalue weighted by Crippen LogP contribution is -2.38. The van der Waals surface area contributed by atoms with Crippen molar-refractivity contribution in [2.45, 2.75) is 43.5 Å². The maximum Gasteiger partial charge on any atom is 0.240 e. The second-order valence-corrected chi connectivity index (χ2v) is 13.5. The fourth-order valence-corrected chi connectivity index (χ4v) is 7.08. The van der Waals surface area contributed by atoms with Gasteiger partial charge in [0.2, 0.25) is 10.0 Å². The Balaban J connectivity index is 1.31. The Morgan fingerprint density at radius 1 is 0.791 bits per heavy atom. The molecule has 3 N–H and O–H groups in total. The molecule has 4 aromatic carbocycles. The van der Waals surface area contributed by atoms with E-state index in [0.717, 1.165) is 39.1 Å². The van der Waals surface area contributed by atoms with Gasteiger partial charge >= 0.3 is 0 Å². The van der Waals surface area contributed by atoms with Gasteiger partial charge in [0, 0.05) is 29.5 Å². The third kappa shape index (κ3) is 7.93. The van der Waals surface area contributed by atoms with E-state index in [9.17, 15) is 18.6 Å². The molecule has 0 saturated carbocycles. The van der Waals surface area contributed by atoms with Crippen LogP contribution in [0.4, 0.5) is 0 Å². The van der Waals surface area contributed by atoms with Crippen LogP contribution in [0.3, 0.4) is 0 Å². The first-order chi connectivity index (χ1) is 20.9. The van der Waals surface area contributed by atoms with E-state index in [1.807, 2.05) is 72.8 Å². The summed E-state index contributed by atoms with van der Waals surface area (Å²) in [6.45, 7) is 2.42. The molecule has 1 aliphatic heterocycles. The molecule has 1 aliphatic rings. The van der Waals surface area contributed by atoms with Crippen LogP contribution in [0.25, 0.3) is 11.1 Å². The predicted molar refractivity (Wildman–Crippen MR) is 170 cm³/mol. The van der Waals surface area contributed by atoms with Crippen molar-refractivity contribution in [1.82, 2.24) is 4.72 Å². The summed E-state index contributed by atoms with van der Waals surface area (Å²) in [6, 6.07) is 32.0. The second kappa shape index (κ2) is 14.6. The SMILES string of the molecule is C[C@H]1[C@@H](CSCCO)O[C@@H](c2ccc(-c3cccc(CNS(=O)(=O)c4ccccc4)c3)cc2)O[C@H]1c1ccc(CO)cc1. The zero-order valence-corrected chi connectivity index (χ0v) is 25.6. The van der Waals surface area contributed by atoms with Crippen molar-refractivity contribution in [2.75, 3.05) is 18.1 Å². The van der Waals surface area contributed by atoms with Crippen LogP contribution in [-0.2, 0) is 32.6 Å². The van der Waals surface area contributed by atoms with Crippen LogP contribution in [0.2, 0.25) is 0 Å². The van der Waals surface area contributed by atoms with Gasteiger partial charge in [-0.3, -0.25) is 0 Å². The number of hydrogen-bond donors (Lipinski definition) is 3. The number of nitrogens with one attached hydrogen (secondary N) is 1. The van der Waals surface area contributed by atoms with E-state index in [4.69, 9.17) is 9.47 Å². The fourth-order valence-electron chi connectivity index (χ4n) is 5.13. The smallest absolute Gasteiger partial charge is 0.240 e. The number of aliphatic hydroxyl groups excluding tert-OH is 2. The van der Waals surface area contributed by atoms with Crippen LogP contribution in [0.5, 0.6) is 0 Å². The Morgan fingerprint density at radius 3 is 2.21 bits per heavy atom. The summed E-state index contributed by atoms with van der Waals surface area (Å²) in [5.41, 5.74) is 5.60. The summed E-state index contributed by atoms with van der Waals surface area (Å²) in [5, 5.41) is 18.7. The fraction of sp³-hybridized carbons (Fsp3) is 0.294. The van der Waals surface area contributed by atoms with Gasteiger partial charge in [0.15, 0.2) is 6.29 Å². The molecule has 0 radical (unpaired) electrons. The van der Waals surface area contributed by atoms with Gasteiger partial charge in [0.05, 0.1) is 30.3 Å². The molecule has 1 heterocycles. The van der Waals surface area contributed by atoms with Gasteiger partial charge in [0.1, 0.15) is 0 Å². The van der Waals surface area contributed by atoms with E-state index < -0.39 is 16.3 Å². The minimum Gasteiger partial charge on any atom is -0.396 e.